The van der Waals surface area contributed by atoms with Crippen molar-refractivity contribution >= 4 is 5.97 Å². The quantitative estimate of drug-likeness (QED) is 0.814. The molecule has 1 aliphatic heterocycles. The number of nitrogens with zero attached hydrogens (tertiary/aromatic N) is 3. The van der Waals surface area contributed by atoms with E-state index in [0.29, 0.717) is 11.6 Å². The topological polar surface area (TPSA) is 47.4 Å². The Morgan fingerprint density at radius 2 is 2.13 bits per heavy atom. The highest BCUT2D eigenvalue weighted by atomic mass is 16.5. The maximum atomic E-state index is 11.5. The molecule has 0 saturated carbocycles. The molecule has 2 heterocycles. The van der Waals surface area contributed by atoms with Gasteiger partial charge < -0.3 is 14.2 Å². The number of carbonyl (C=O) groups is 1. The zero-order chi connectivity index (χ0) is 16.2. The third-order valence-corrected chi connectivity index (χ3v) is 4.55. The van der Waals surface area contributed by atoms with E-state index in [9.17, 15) is 4.79 Å². The van der Waals surface area contributed by atoms with E-state index in [1.165, 1.54) is 26.5 Å². The molecule has 0 spiro atoms. The molecule has 1 saturated heterocycles. The normalized spacial score (nSPS) is 18.8. The van der Waals surface area contributed by atoms with Gasteiger partial charge in [0, 0.05) is 30.5 Å². The van der Waals surface area contributed by atoms with Crippen molar-refractivity contribution in [3.63, 3.8) is 0 Å². The van der Waals surface area contributed by atoms with Crippen molar-refractivity contribution in [3.8, 4) is 11.4 Å². The molecule has 1 aromatic carbocycles. The van der Waals surface area contributed by atoms with Crippen LogP contribution in [0.25, 0.3) is 11.4 Å². The lowest BCUT2D eigenvalue weighted by atomic mass is 10.0. The molecule has 0 N–H and O–H groups in total. The fourth-order valence-electron chi connectivity index (χ4n) is 3.25. The summed E-state index contributed by atoms with van der Waals surface area (Å²) in [6, 6.07) is 7.91. The highest BCUT2D eigenvalue weighted by Gasteiger charge is 2.22. The van der Waals surface area contributed by atoms with Gasteiger partial charge in [-0.05, 0) is 38.1 Å². The molecule has 23 heavy (non-hydrogen) atoms. The molecule has 3 rings (SSSR count). The van der Waals surface area contributed by atoms with Crippen molar-refractivity contribution in [2.45, 2.75) is 25.8 Å². The van der Waals surface area contributed by atoms with Crippen LogP contribution in [0.1, 0.15) is 36.2 Å². The van der Waals surface area contributed by atoms with E-state index in [-0.39, 0.29) is 5.97 Å². The van der Waals surface area contributed by atoms with Crippen LogP contribution in [-0.4, -0.2) is 47.2 Å². The van der Waals surface area contributed by atoms with Gasteiger partial charge in [-0.15, -0.1) is 0 Å². The number of esters is 1. The Morgan fingerprint density at radius 3 is 2.83 bits per heavy atom. The number of methoxy groups -OCH3 is 1. The van der Waals surface area contributed by atoms with E-state index in [2.05, 4.69) is 27.6 Å². The Bertz CT molecular complexity index is 663. The fraction of sp³-hybridized carbons (Fsp3) is 0.444. The number of hydrogen-bond acceptors (Lipinski definition) is 4. The van der Waals surface area contributed by atoms with Gasteiger partial charge >= 0.3 is 5.97 Å². The molecule has 2 aromatic rings. The Kier molecular flexibility index (Phi) is 4.76. The summed E-state index contributed by atoms with van der Waals surface area (Å²) in [7, 11) is 1.39. The SMILES string of the molecule is CCN1CCCC(n2ccnc2-c2ccc(C(=O)OC)cc2)C1. The Labute approximate surface area is 136 Å². The van der Waals surface area contributed by atoms with Crippen LogP contribution in [-0.2, 0) is 4.74 Å². The van der Waals surface area contributed by atoms with E-state index >= 15 is 0 Å². The van der Waals surface area contributed by atoms with Crippen molar-refractivity contribution in [2.75, 3.05) is 26.7 Å². The first-order valence-corrected chi connectivity index (χ1v) is 8.17. The van der Waals surface area contributed by atoms with E-state index in [0.717, 1.165) is 24.5 Å². The summed E-state index contributed by atoms with van der Waals surface area (Å²) in [5.74, 6) is 0.648. The van der Waals surface area contributed by atoms with Crippen molar-refractivity contribution in [1.82, 2.24) is 14.5 Å². The number of ether oxygens (including phenoxy) is 1. The monoisotopic (exact) mass is 313 g/mol. The Balaban J connectivity index is 1.84. The van der Waals surface area contributed by atoms with Crippen molar-refractivity contribution in [1.29, 1.82) is 0 Å². The molecule has 0 aliphatic carbocycles. The van der Waals surface area contributed by atoms with Gasteiger partial charge in [0.2, 0.25) is 0 Å². The third-order valence-electron chi connectivity index (χ3n) is 4.55. The molecular weight excluding hydrogens is 290 g/mol. The first kappa shape index (κ1) is 15.7. The number of likely N-dealkylation sites (tertiary alicyclic amines) is 1. The van der Waals surface area contributed by atoms with Crippen LogP contribution < -0.4 is 0 Å². The second-order valence-corrected chi connectivity index (χ2v) is 5.92. The maximum absolute atomic E-state index is 11.5. The number of likely N-dealkylation sites (N-methyl/N-ethyl adjacent to an activating group) is 1. The molecule has 1 unspecified atom stereocenters. The van der Waals surface area contributed by atoms with Crippen LogP contribution in [0, 0.1) is 0 Å². The molecule has 0 bridgehead atoms. The zero-order valence-electron chi connectivity index (χ0n) is 13.7. The molecule has 1 fully saturated rings. The van der Waals surface area contributed by atoms with Gasteiger partial charge in [-0.2, -0.15) is 0 Å². The van der Waals surface area contributed by atoms with Crippen LogP contribution in [0.3, 0.4) is 0 Å². The van der Waals surface area contributed by atoms with Crippen LogP contribution in [0.4, 0.5) is 0 Å². The highest BCUT2D eigenvalue weighted by molar-refractivity contribution is 5.89. The highest BCUT2D eigenvalue weighted by Crippen LogP contribution is 2.27. The van der Waals surface area contributed by atoms with Gasteiger partial charge in [0.15, 0.2) is 0 Å². The second-order valence-electron chi connectivity index (χ2n) is 5.92. The van der Waals surface area contributed by atoms with Gasteiger partial charge in [0.05, 0.1) is 12.7 Å². The summed E-state index contributed by atoms with van der Waals surface area (Å²) in [6.07, 6.45) is 6.32. The fourth-order valence-corrected chi connectivity index (χ4v) is 3.25. The lowest BCUT2D eigenvalue weighted by Crippen LogP contribution is -2.36. The number of piperidine rings is 1. The van der Waals surface area contributed by atoms with Gasteiger partial charge in [-0.1, -0.05) is 19.1 Å². The predicted octanol–water partition coefficient (Wildman–Crippen LogP) is 2.99. The maximum Gasteiger partial charge on any atom is 0.337 e. The molecular formula is C18H23N3O2. The van der Waals surface area contributed by atoms with E-state index < -0.39 is 0 Å². The first-order valence-electron chi connectivity index (χ1n) is 8.17. The number of imidazole rings is 1. The molecule has 1 aromatic heterocycles. The average Bonchev–Trinajstić information content (AvgIpc) is 3.11. The van der Waals surface area contributed by atoms with E-state index in [4.69, 9.17) is 4.74 Å². The molecule has 122 valence electrons. The summed E-state index contributed by atoms with van der Waals surface area (Å²) in [5, 5.41) is 0. The van der Waals surface area contributed by atoms with Crippen LogP contribution in [0.5, 0.6) is 0 Å². The molecule has 5 heteroatoms. The largest absolute Gasteiger partial charge is 0.465 e. The lowest BCUT2D eigenvalue weighted by Gasteiger charge is -2.33. The lowest BCUT2D eigenvalue weighted by molar-refractivity contribution is 0.0601. The predicted molar refractivity (Wildman–Crippen MR) is 89.4 cm³/mol. The molecule has 5 nitrogen and oxygen atoms in total. The summed E-state index contributed by atoms with van der Waals surface area (Å²) >= 11 is 0. The minimum absolute atomic E-state index is 0.314. The van der Waals surface area contributed by atoms with Gasteiger partial charge in [0.1, 0.15) is 5.82 Å². The van der Waals surface area contributed by atoms with Crippen molar-refractivity contribution < 1.29 is 9.53 Å². The number of benzene rings is 1. The summed E-state index contributed by atoms with van der Waals surface area (Å²) in [4.78, 5) is 18.6. The van der Waals surface area contributed by atoms with Crippen molar-refractivity contribution in [2.24, 2.45) is 0 Å². The Morgan fingerprint density at radius 1 is 1.35 bits per heavy atom. The minimum atomic E-state index is -0.314. The van der Waals surface area contributed by atoms with Crippen molar-refractivity contribution in [3.05, 3.63) is 42.2 Å². The number of hydrogen-bond donors (Lipinski definition) is 0. The molecule has 1 atom stereocenters. The number of rotatable bonds is 4. The second kappa shape index (κ2) is 6.96. The number of aromatic nitrogens is 2. The zero-order valence-corrected chi connectivity index (χ0v) is 13.7. The van der Waals surface area contributed by atoms with E-state index in [1.807, 2.05) is 18.3 Å². The molecule has 0 radical (unpaired) electrons. The summed E-state index contributed by atoms with van der Waals surface area (Å²) in [5.41, 5.74) is 1.58. The average molecular weight is 313 g/mol. The summed E-state index contributed by atoms with van der Waals surface area (Å²) < 4.78 is 7.02. The summed E-state index contributed by atoms with van der Waals surface area (Å²) in [6.45, 7) is 5.56. The third kappa shape index (κ3) is 3.29. The van der Waals surface area contributed by atoms with Crippen LogP contribution in [0.2, 0.25) is 0 Å². The van der Waals surface area contributed by atoms with Gasteiger partial charge in [0.25, 0.3) is 0 Å². The van der Waals surface area contributed by atoms with Gasteiger partial charge in [-0.25, -0.2) is 9.78 Å². The van der Waals surface area contributed by atoms with Crippen LogP contribution in [0.15, 0.2) is 36.7 Å². The first-order chi connectivity index (χ1) is 11.2. The standard InChI is InChI=1S/C18H23N3O2/c1-3-20-11-4-5-16(13-20)21-12-10-19-17(21)14-6-8-15(9-7-14)18(22)23-2/h6-10,12,16H,3-5,11,13H2,1-2H3. The smallest absolute Gasteiger partial charge is 0.337 e. The minimum Gasteiger partial charge on any atom is -0.465 e. The Hall–Kier alpha value is -2.14. The van der Waals surface area contributed by atoms with Crippen LogP contribution >= 0.6 is 0 Å². The van der Waals surface area contributed by atoms with E-state index in [1.54, 1.807) is 12.1 Å². The number of carbonyl (C=O) groups excluding carboxylic acids is 1. The molecule has 0 amide bonds. The van der Waals surface area contributed by atoms with Gasteiger partial charge in [-0.3, -0.25) is 0 Å². The molecule has 1 aliphatic rings.